The predicted molar refractivity (Wildman–Crippen MR) is 165 cm³/mol. The third-order valence-corrected chi connectivity index (χ3v) is 8.61. The number of carbonyl (C=O) groups excluding carboxylic acids is 2. The van der Waals surface area contributed by atoms with Crippen LogP contribution in [0.3, 0.4) is 0 Å². The Balaban J connectivity index is 1.20. The Bertz CT molecular complexity index is 1480. The van der Waals surface area contributed by atoms with Gasteiger partial charge in [0.2, 0.25) is 0 Å². The van der Waals surface area contributed by atoms with Gasteiger partial charge in [-0.15, -0.1) is 0 Å². The number of amides is 1. The van der Waals surface area contributed by atoms with E-state index in [1.165, 1.54) is 18.2 Å². The van der Waals surface area contributed by atoms with Gasteiger partial charge in [0.05, 0.1) is 0 Å². The largest absolute Gasteiger partial charge is 0.480 e. The molecule has 5 rings (SSSR count). The molecule has 1 aromatic heterocycles. The van der Waals surface area contributed by atoms with E-state index < -0.39 is 17.9 Å². The second-order valence-electron chi connectivity index (χ2n) is 11.5. The van der Waals surface area contributed by atoms with Crippen molar-refractivity contribution in [3.63, 3.8) is 0 Å². The summed E-state index contributed by atoms with van der Waals surface area (Å²) >= 11 is 0. The van der Waals surface area contributed by atoms with E-state index in [0.29, 0.717) is 29.0 Å². The second kappa shape index (κ2) is 12.8. The average molecular weight is 569 g/mol. The molecule has 2 aliphatic heterocycles. The Morgan fingerprint density at radius 1 is 1.10 bits per heavy atom. The Morgan fingerprint density at radius 3 is 2.50 bits per heavy atom. The van der Waals surface area contributed by atoms with Gasteiger partial charge in [0.1, 0.15) is 11.9 Å². The molecule has 0 aliphatic carbocycles. The van der Waals surface area contributed by atoms with Gasteiger partial charge >= 0.3 is 5.97 Å². The number of rotatable bonds is 9. The molecule has 8 nitrogen and oxygen atoms in total. The first-order valence-electron chi connectivity index (χ1n) is 15.0. The number of carboxylic acid groups (broad SMARTS) is 1. The molecular weight excluding hydrogens is 528 g/mol. The summed E-state index contributed by atoms with van der Waals surface area (Å²) in [6, 6.07) is 14.7. The number of Topliss-reactive ketones (excluding diaryl/α,β-unsaturated/α-hetero) is 1. The number of anilines is 2. The lowest BCUT2D eigenvalue weighted by molar-refractivity contribution is -0.139. The number of pyridine rings is 1. The molecule has 1 atom stereocenters. The van der Waals surface area contributed by atoms with Crippen LogP contribution in [0.2, 0.25) is 0 Å². The summed E-state index contributed by atoms with van der Waals surface area (Å²) in [5, 5.41) is 16.1. The molecular formula is C34H40N4O4. The maximum atomic E-state index is 13.2. The van der Waals surface area contributed by atoms with E-state index in [-0.39, 0.29) is 12.2 Å². The first-order valence-corrected chi connectivity index (χ1v) is 15.0. The lowest BCUT2D eigenvalue weighted by Crippen LogP contribution is -2.43. The van der Waals surface area contributed by atoms with E-state index in [4.69, 9.17) is 4.98 Å². The van der Waals surface area contributed by atoms with Crippen LogP contribution in [0.5, 0.6) is 0 Å². The first kappa shape index (κ1) is 29.3. The summed E-state index contributed by atoms with van der Waals surface area (Å²) in [7, 11) is 0. The number of aryl methyl sites for hydroxylation is 3. The summed E-state index contributed by atoms with van der Waals surface area (Å²) in [5.74, 6) is -0.0866. The van der Waals surface area contributed by atoms with Crippen molar-refractivity contribution in [2.75, 3.05) is 29.9 Å². The van der Waals surface area contributed by atoms with Gasteiger partial charge in [0, 0.05) is 54.5 Å². The van der Waals surface area contributed by atoms with Crippen LogP contribution < -0.4 is 15.5 Å². The molecule has 220 valence electrons. The SMILES string of the molecule is CCc1cc(C(C)=O)cc(C)c1C(=O)NC(Cc1ccc(N2CCC(c3ccc4c(n3)NCCC4)CC2)cc1)C(=O)O. The number of nitrogens with one attached hydrogen (secondary N) is 2. The summed E-state index contributed by atoms with van der Waals surface area (Å²) in [6.07, 6.45) is 5.06. The van der Waals surface area contributed by atoms with Gasteiger partial charge in [0.25, 0.3) is 5.91 Å². The number of ketones is 1. The molecule has 0 spiro atoms. The minimum atomic E-state index is -1.09. The quantitative estimate of drug-likeness (QED) is 0.300. The summed E-state index contributed by atoms with van der Waals surface area (Å²) in [4.78, 5) is 44.5. The molecule has 8 heteroatoms. The molecule has 0 saturated carbocycles. The molecule has 3 aromatic rings. The van der Waals surface area contributed by atoms with E-state index in [9.17, 15) is 19.5 Å². The van der Waals surface area contributed by atoms with Gasteiger partial charge < -0.3 is 20.6 Å². The van der Waals surface area contributed by atoms with Crippen LogP contribution in [0, 0.1) is 6.92 Å². The monoisotopic (exact) mass is 568 g/mol. The summed E-state index contributed by atoms with van der Waals surface area (Å²) < 4.78 is 0. The van der Waals surface area contributed by atoms with Gasteiger partial charge in [-0.1, -0.05) is 25.1 Å². The molecule has 2 aromatic carbocycles. The number of nitrogens with zero attached hydrogens (tertiary/aromatic N) is 2. The summed E-state index contributed by atoms with van der Waals surface area (Å²) in [5.41, 5.74) is 6.82. The molecule has 0 bridgehead atoms. The van der Waals surface area contributed by atoms with Crippen LogP contribution in [-0.2, 0) is 24.1 Å². The number of aromatic nitrogens is 1. The van der Waals surface area contributed by atoms with Crippen molar-refractivity contribution in [3.05, 3.63) is 87.6 Å². The molecule has 1 unspecified atom stereocenters. The molecule has 42 heavy (non-hydrogen) atoms. The molecule has 2 aliphatic rings. The van der Waals surface area contributed by atoms with Crippen molar-refractivity contribution >= 4 is 29.2 Å². The standard InChI is InChI=1S/C34H40N4O4/c1-4-24-20-27(22(3)39)18-21(2)31(24)33(40)37-30(34(41)42)19-23-7-10-28(11-8-23)38-16-13-25(14-17-38)29-12-9-26-6-5-15-35-32(26)36-29/h7-12,18,20,25,30H,4-6,13-17,19H2,1-3H3,(H,35,36)(H,37,40)(H,41,42). The van der Waals surface area contributed by atoms with Gasteiger partial charge in [-0.3, -0.25) is 9.59 Å². The van der Waals surface area contributed by atoms with Crippen LogP contribution in [0.4, 0.5) is 11.5 Å². The topological polar surface area (TPSA) is 112 Å². The highest BCUT2D eigenvalue weighted by atomic mass is 16.4. The minimum absolute atomic E-state index is 0.0695. The number of benzene rings is 2. The molecule has 3 heterocycles. The molecule has 1 saturated heterocycles. The third kappa shape index (κ3) is 6.48. The number of carbonyl (C=O) groups is 3. The van der Waals surface area contributed by atoms with Crippen LogP contribution in [0.1, 0.15) is 87.7 Å². The Kier molecular flexibility index (Phi) is 8.90. The van der Waals surface area contributed by atoms with Gasteiger partial charge in [-0.05, 0) is 98.5 Å². The fraction of sp³-hybridized carbons (Fsp3) is 0.412. The number of piperidine rings is 1. The van der Waals surface area contributed by atoms with E-state index in [0.717, 1.165) is 67.9 Å². The van der Waals surface area contributed by atoms with Gasteiger partial charge in [0.15, 0.2) is 5.78 Å². The summed E-state index contributed by atoms with van der Waals surface area (Å²) in [6.45, 7) is 8.05. The Labute approximate surface area is 247 Å². The van der Waals surface area contributed by atoms with Crippen molar-refractivity contribution in [3.8, 4) is 0 Å². The fourth-order valence-corrected chi connectivity index (χ4v) is 6.18. The lowest BCUT2D eigenvalue weighted by atomic mass is 9.92. The Morgan fingerprint density at radius 2 is 1.83 bits per heavy atom. The minimum Gasteiger partial charge on any atom is -0.480 e. The Hall–Kier alpha value is -4.20. The second-order valence-corrected chi connectivity index (χ2v) is 11.5. The van der Waals surface area contributed by atoms with Crippen LogP contribution in [0.25, 0.3) is 0 Å². The van der Waals surface area contributed by atoms with E-state index in [1.807, 2.05) is 31.2 Å². The van der Waals surface area contributed by atoms with Crippen molar-refractivity contribution in [1.29, 1.82) is 0 Å². The smallest absolute Gasteiger partial charge is 0.326 e. The van der Waals surface area contributed by atoms with Crippen LogP contribution >= 0.6 is 0 Å². The van der Waals surface area contributed by atoms with Gasteiger partial charge in [-0.25, -0.2) is 9.78 Å². The number of hydrogen-bond donors (Lipinski definition) is 3. The van der Waals surface area contributed by atoms with Crippen molar-refractivity contribution in [1.82, 2.24) is 10.3 Å². The lowest BCUT2D eigenvalue weighted by Gasteiger charge is -2.34. The fourth-order valence-electron chi connectivity index (χ4n) is 6.18. The maximum Gasteiger partial charge on any atom is 0.326 e. The molecule has 1 fully saturated rings. The number of carboxylic acids is 1. The van der Waals surface area contributed by atoms with E-state index in [1.54, 1.807) is 19.1 Å². The van der Waals surface area contributed by atoms with Gasteiger partial charge in [-0.2, -0.15) is 0 Å². The van der Waals surface area contributed by atoms with E-state index in [2.05, 4.69) is 27.7 Å². The number of hydrogen-bond acceptors (Lipinski definition) is 6. The first-order chi connectivity index (χ1) is 20.2. The predicted octanol–water partition coefficient (Wildman–Crippen LogP) is 5.32. The molecule has 1 amide bonds. The number of aliphatic carboxylic acids is 1. The van der Waals surface area contributed by atoms with Crippen molar-refractivity contribution in [2.24, 2.45) is 0 Å². The highest BCUT2D eigenvalue weighted by Crippen LogP contribution is 2.32. The maximum absolute atomic E-state index is 13.2. The van der Waals surface area contributed by atoms with Crippen molar-refractivity contribution in [2.45, 2.75) is 71.3 Å². The van der Waals surface area contributed by atoms with Crippen LogP contribution in [0.15, 0.2) is 48.5 Å². The average Bonchev–Trinajstić information content (AvgIpc) is 3.00. The normalized spacial score (nSPS) is 15.8. The zero-order valence-corrected chi connectivity index (χ0v) is 24.7. The van der Waals surface area contributed by atoms with Crippen LogP contribution in [-0.4, -0.2) is 53.4 Å². The highest BCUT2D eigenvalue weighted by molar-refractivity contribution is 6.01. The van der Waals surface area contributed by atoms with Crippen molar-refractivity contribution < 1.29 is 19.5 Å². The molecule has 3 N–H and O–H groups in total. The van der Waals surface area contributed by atoms with E-state index >= 15 is 0 Å². The number of fused-ring (bicyclic) bond motifs is 1. The highest BCUT2D eigenvalue weighted by Gasteiger charge is 2.26. The zero-order valence-electron chi connectivity index (χ0n) is 24.7. The zero-order chi connectivity index (χ0) is 29.8. The molecule has 0 radical (unpaired) electrons. The third-order valence-electron chi connectivity index (χ3n) is 8.61.